The Morgan fingerprint density at radius 1 is 1.03 bits per heavy atom. The molecule has 0 aliphatic carbocycles. The van der Waals surface area contributed by atoms with Crippen LogP contribution in [0.4, 0.5) is 0 Å². The molecule has 5 nitrogen and oxygen atoms in total. The Bertz CT molecular complexity index is 1070. The highest BCUT2D eigenvalue weighted by Crippen LogP contribution is 2.27. The van der Waals surface area contributed by atoms with Gasteiger partial charge >= 0.3 is 0 Å². The minimum absolute atomic E-state index is 0.00676. The van der Waals surface area contributed by atoms with Gasteiger partial charge in [0.25, 0.3) is 0 Å². The predicted molar refractivity (Wildman–Crippen MR) is 117 cm³/mol. The number of pyridine rings is 1. The van der Waals surface area contributed by atoms with E-state index in [0.29, 0.717) is 6.61 Å². The number of aryl methyl sites for hydroxylation is 2. The van der Waals surface area contributed by atoms with Gasteiger partial charge < -0.3 is 10.5 Å². The molecule has 0 fully saturated rings. The Morgan fingerprint density at radius 2 is 1.90 bits per heavy atom. The van der Waals surface area contributed by atoms with Crippen molar-refractivity contribution < 1.29 is 4.74 Å². The van der Waals surface area contributed by atoms with Crippen LogP contribution in [-0.2, 0) is 6.42 Å². The maximum absolute atomic E-state index is 6.25. The molecule has 0 saturated heterocycles. The molecule has 0 aliphatic rings. The fourth-order valence-electron chi connectivity index (χ4n) is 3.47. The van der Waals surface area contributed by atoms with Gasteiger partial charge in [0.1, 0.15) is 12.4 Å². The van der Waals surface area contributed by atoms with Crippen molar-refractivity contribution in [2.45, 2.75) is 32.2 Å². The number of hydrogen-bond donors (Lipinski definition) is 2. The van der Waals surface area contributed by atoms with Crippen LogP contribution in [0.5, 0.6) is 5.75 Å². The fourth-order valence-corrected chi connectivity index (χ4v) is 3.47. The van der Waals surface area contributed by atoms with Gasteiger partial charge in [-0.15, -0.1) is 0 Å². The third kappa shape index (κ3) is 4.81. The molecule has 0 bridgehead atoms. The number of nitrogens with two attached hydrogens (primary N) is 1. The van der Waals surface area contributed by atoms with E-state index in [-0.39, 0.29) is 6.04 Å². The standard InChI is InChI=1S/C24H26N4O/c1-17-23-13-19(10-11-24(23)28-27-17)20-12-22(15-26-14-20)29-16-21(25)9-5-8-18-6-3-2-4-7-18/h2-4,6-7,10-15,21H,5,8-9,16,25H2,1H3,(H,27,28)/t21-/m0/s1. The lowest BCUT2D eigenvalue weighted by Gasteiger charge is -2.13. The van der Waals surface area contributed by atoms with E-state index in [1.807, 2.05) is 31.3 Å². The van der Waals surface area contributed by atoms with Gasteiger partial charge in [-0.2, -0.15) is 5.10 Å². The van der Waals surface area contributed by atoms with Crippen LogP contribution in [0.3, 0.4) is 0 Å². The summed E-state index contributed by atoms with van der Waals surface area (Å²) >= 11 is 0. The number of nitrogens with one attached hydrogen (secondary N) is 1. The van der Waals surface area contributed by atoms with Crippen molar-refractivity contribution in [1.82, 2.24) is 15.2 Å². The number of H-pyrrole nitrogens is 1. The number of aromatic nitrogens is 3. The summed E-state index contributed by atoms with van der Waals surface area (Å²) in [6, 6.07) is 18.7. The zero-order valence-corrected chi connectivity index (χ0v) is 16.6. The molecule has 4 rings (SSSR count). The van der Waals surface area contributed by atoms with E-state index in [4.69, 9.17) is 10.5 Å². The molecule has 29 heavy (non-hydrogen) atoms. The summed E-state index contributed by atoms with van der Waals surface area (Å²) < 4.78 is 5.92. The summed E-state index contributed by atoms with van der Waals surface area (Å²) in [5.41, 5.74) is 11.7. The van der Waals surface area contributed by atoms with Crippen LogP contribution in [0, 0.1) is 6.92 Å². The molecule has 0 unspecified atom stereocenters. The molecular weight excluding hydrogens is 360 g/mol. The average Bonchev–Trinajstić information content (AvgIpc) is 3.13. The number of aromatic amines is 1. The SMILES string of the molecule is Cc1[nH]nc2ccc(-c3cncc(OC[C@@H](N)CCCc4ccccc4)c3)cc12. The second kappa shape index (κ2) is 8.88. The highest BCUT2D eigenvalue weighted by molar-refractivity contribution is 5.86. The van der Waals surface area contributed by atoms with Gasteiger partial charge in [-0.05, 0) is 55.5 Å². The second-order valence-electron chi connectivity index (χ2n) is 7.44. The van der Waals surface area contributed by atoms with Gasteiger partial charge in [-0.25, -0.2) is 0 Å². The number of benzene rings is 2. The van der Waals surface area contributed by atoms with Crippen molar-refractivity contribution in [3.8, 4) is 16.9 Å². The van der Waals surface area contributed by atoms with Gasteiger partial charge in [-0.3, -0.25) is 10.1 Å². The lowest BCUT2D eigenvalue weighted by Crippen LogP contribution is -2.27. The lowest BCUT2D eigenvalue weighted by atomic mass is 10.0. The minimum Gasteiger partial charge on any atom is -0.490 e. The largest absolute Gasteiger partial charge is 0.490 e. The Morgan fingerprint density at radius 3 is 2.76 bits per heavy atom. The molecule has 1 atom stereocenters. The first-order valence-corrected chi connectivity index (χ1v) is 10.0. The summed E-state index contributed by atoms with van der Waals surface area (Å²) in [6.07, 6.45) is 6.61. The van der Waals surface area contributed by atoms with E-state index in [2.05, 4.69) is 51.6 Å². The topological polar surface area (TPSA) is 76.8 Å². The van der Waals surface area contributed by atoms with E-state index in [1.165, 1.54) is 5.56 Å². The quantitative estimate of drug-likeness (QED) is 0.462. The zero-order chi connectivity index (χ0) is 20.1. The summed E-state index contributed by atoms with van der Waals surface area (Å²) in [5, 5.41) is 8.43. The van der Waals surface area contributed by atoms with Crippen LogP contribution in [0.25, 0.3) is 22.0 Å². The van der Waals surface area contributed by atoms with E-state index >= 15 is 0 Å². The Labute approximate surface area is 170 Å². The van der Waals surface area contributed by atoms with Crippen LogP contribution in [-0.4, -0.2) is 27.8 Å². The highest BCUT2D eigenvalue weighted by atomic mass is 16.5. The number of rotatable bonds is 8. The summed E-state index contributed by atoms with van der Waals surface area (Å²) in [5.74, 6) is 0.741. The maximum atomic E-state index is 6.25. The zero-order valence-electron chi connectivity index (χ0n) is 16.6. The van der Waals surface area contributed by atoms with Gasteiger partial charge in [-0.1, -0.05) is 36.4 Å². The molecule has 0 radical (unpaired) electrons. The normalized spacial score (nSPS) is 12.2. The molecule has 2 heterocycles. The Balaban J connectivity index is 1.34. The van der Waals surface area contributed by atoms with E-state index in [0.717, 1.165) is 52.7 Å². The van der Waals surface area contributed by atoms with Crippen LogP contribution in [0.1, 0.15) is 24.1 Å². The molecule has 3 N–H and O–H groups in total. The van der Waals surface area contributed by atoms with Crippen LogP contribution < -0.4 is 10.5 Å². The van der Waals surface area contributed by atoms with Gasteiger partial charge in [0.05, 0.1) is 11.7 Å². The monoisotopic (exact) mass is 386 g/mol. The molecule has 0 saturated carbocycles. The van der Waals surface area contributed by atoms with Crippen molar-refractivity contribution in [2.75, 3.05) is 6.61 Å². The van der Waals surface area contributed by atoms with Crippen LogP contribution >= 0.6 is 0 Å². The van der Waals surface area contributed by atoms with Gasteiger partial charge in [0.2, 0.25) is 0 Å². The number of hydrogen-bond acceptors (Lipinski definition) is 4. The summed E-state index contributed by atoms with van der Waals surface area (Å²) in [4.78, 5) is 4.34. The van der Waals surface area contributed by atoms with Crippen molar-refractivity contribution in [1.29, 1.82) is 0 Å². The highest BCUT2D eigenvalue weighted by Gasteiger charge is 2.08. The van der Waals surface area contributed by atoms with Crippen LogP contribution in [0.15, 0.2) is 67.0 Å². The average molecular weight is 386 g/mol. The van der Waals surface area contributed by atoms with Gasteiger partial charge in [0.15, 0.2) is 0 Å². The number of nitrogens with zero attached hydrogens (tertiary/aromatic N) is 2. The van der Waals surface area contributed by atoms with Crippen molar-refractivity contribution >= 4 is 10.9 Å². The summed E-state index contributed by atoms with van der Waals surface area (Å²) in [7, 11) is 0. The lowest BCUT2D eigenvalue weighted by molar-refractivity contribution is 0.279. The molecular formula is C24H26N4O. The first-order chi connectivity index (χ1) is 14.2. The van der Waals surface area contributed by atoms with Crippen LogP contribution in [0.2, 0.25) is 0 Å². The van der Waals surface area contributed by atoms with E-state index in [9.17, 15) is 0 Å². The Hall–Kier alpha value is -3.18. The molecule has 2 aromatic heterocycles. The van der Waals surface area contributed by atoms with E-state index in [1.54, 1.807) is 6.20 Å². The van der Waals surface area contributed by atoms with Crippen molar-refractivity contribution in [2.24, 2.45) is 5.73 Å². The summed E-state index contributed by atoms with van der Waals surface area (Å²) in [6.45, 7) is 2.51. The van der Waals surface area contributed by atoms with E-state index < -0.39 is 0 Å². The second-order valence-corrected chi connectivity index (χ2v) is 7.44. The molecule has 4 aromatic rings. The molecule has 2 aromatic carbocycles. The third-order valence-electron chi connectivity index (χ3n) is 5.14. The maximum Gasteiger partial charge on any atom is 0.138 e. The molecule has 148 valence electrons. The predicted octanol–water partition coefficient (Wildman–Crippen LogP) is 4.66. The van der Waals surface area contributed by atoms with Crippen molar-refractivity contribution in [3.05, 3.63) is 78.2 Å². The van der Waals surface area contributed by atoms with Crippen molar-refractivity contribution in [3.63, 3.8) is 0 Å². The first-order valence-electron chi connectivity index (χ1n) is 10.0. The first kappa shape index (κ1) is 19.2. The molecule has 0 amide bonds. The molecule has 0 aliphatic heterocycles. The smallest absolute Gasteiger partial charge is 0.138 e. The third-order valence-corrected chi connectivity index (χ3v) is 5.14. The van der Waals surface area contributed by atoms with Gasteiger partial charge in [0, 0.05) is 28.9 Å². The molecule has 0 spiro atoms. The molecule has 5 heteroatoms. The fraction of sp³-hybridized carbons (Fsp3) is 0.250. The minimum atomic E-state index is 0.00676. The number of fused-ring (bicyclic) bond motifs is 1. The number of ether oxygens (including phenoxy) is 1. The Kier molecular flexibility index (Phi) is 5.86.